The van der Waals surface area contributed by atoms with Crippen LogP contribution in [-0.2, 0) is 0 Å². The van der Waals surface area contributed by atoms with Crippen molar-refractivity contribution in [2.45, 2.75) is 110 Å². The zero-order chi connectivity index (χ0) is 19.1. The number of hydrogen-bond acceptors (Lipinski definition) is 1. The van der Waals surface area contributed by atoms with Gasteiger partial charge in [0.15, 0.2) is 0 Å². The summed E-state index contributed by atoms with van der Waals surface area (Å²) in [7, 11) is -2.50. The number of allylic oxidation sites excluding steroid dienone is 1. The van der Waals surface area contributed by atoms with Crippen molar-refractivity contribution in [2.75, 3.05) is 0 Å². The van der Waals surface area contributed by atoms with Crippen molar-refractivity contribution in [3.8, 4) is 0 Å². The predicted molar refractivity (Wildman–Crippen MR) is 120 cm³/mol. The molecule has 2 atom stereocenters. The molecule has 1 fully saturated rings. The van der Waals surface area contributed by atoms with Crippen LogP contribution >= 0.6 is 0 Å². The lowest BCUT2D eigenvalue weighted by molar-refractivity contribution is 0.115. The van der Waals surface area contributed by atoms with Crippen LogP contribution in [0, 0.1) is 5.92 Å². The summed E-state index contributed by atoms with van der Waals surface area (Å²) in [4.78, 5) is 0. The molecule has 1 rings (SSSR count). The summed E-state index contributed by atoms with van der Waals surface area (Å²) < 4.78 is 0. The van der Waals surface area contributed by atoms with Crippen LogP contribution in [0.2, 0.25) is 39.3 Å². The molecule has 1 nitrogen and oxygen atoms in total. The Morgan fingerprint density at radius 1 is 0.920 bits per heavy atom. The molecule has 1 N–H and O–H groups in total. The van der Waals surface area contributed by atoms with E-state index >= 15 is 0 Å². The summed E-state index contributed by atoms with van der Waals surface area (Å²) >= 11 is 0. The Morgan fingerprint density at radius 2 is 1.48 bits per heavy atom. The van der Waals surface area contributed by atoms with Crippen LogP contribution in [0.5, 0.6) is 0 Å². The Balaban J connectivity index is 2.73. The highest BCUT2D eigenvalue weighted by atomic mass is 28.3. The summed E-state index contributed by atoms with van der Waals surface area (Å²) in [5.74, 6) is 0.393. The number of aliphatic hydroxyl groups excluding tert-OH is 1. The third-order valence-corrected chi connectivity index (χ3v) is 7.40. The minimum atomic E-state index is -1.28. The average molecular weight is 381 g/mol. The Kier molecular flexibility index (Phi) is 9.41. The summed E-state index contributed by atoms with van der Waals surface area (Å²) in [6.45, 7) is 16.8. The topological polar surface area (TPSA) is 20.2 Å². The van der Waals surface area contributed by atoms with Gasteiger partial charge in [0.25, 0.3) is 0 Å². The van der Waals surface area contributed by atoms with Crippen molar-refractivity contribution in [2.24, 2.45) is 5.92 Å². The van der Waals surface area contributed by atoms with E-state index in [1.807, 2.05) is 0 Å². The molecule has 0 aromatic carbocycles. The molecule has 25 heavy (non-hydrogen) atoms. The zero-order valence-corrected chi connectivity index (χ0v) is 20.1. The molecule has 1 aliphatic rings. The standard InChI is InChI=1S/C22H44OSi2/c1-8-9-10-11-12-13-14-22(23)20-16-15-19(17-24(2,3)4)21(20)18-25(5,6)7/h17-18,20,22-23H,8-16H2,1-7H3/b19-17+,21-18-/t20-,22+/m1/s1. The maximum atomic E-state index is 10.9. The summed E-state index contributed by atoms with van der Waals surface area (Å²) in [6, 6.07) is 0. The van der Waals surface area contributed by atoms with E-state index in [4.69, 9.17) is 0 Å². The van der Waals surface area contributed by atoms with Gasteiger partial charge in [0.1, 0.15) is 0 Å². The van der Waals surface area contributed by atoms with Gasteiger partial charge in [-0.1, -0.05) is 102 Å². The van der Waals surface area contributed by atoms with E-state index in [1.165, 1.54) is 50.5 Å². The van der Waals surface area contributed by atoms with Crippen LogP contribution in [0.15, 0.2) is 22.5 Å². The van der Waals surface area contributed by atoms with Crippen LogP contribution in [0.4, 0.5) is 0 Å². The zero-order valence-electron chi connectivity index (χ0n) is 18.1. The quantitative estimate of drug-likeness (QED) is 0.316. The van der Waals surface area contributed by atoms with E-state index in [-0.39, 0.29) is 6.10 Å². The van der Waals surface area contributed by atoms with Gasteiger partial charge in [0.2, 0.25) is 0 Å². The fourth-order valence-electron chi connectivity index (χ4n) is 3.93. The third-order valence-electron chi connectivity index (χ3n) is 5.01. The smallest absolute Gasteiger partial charge is 0.0690 e. The Labute approximate surface area is 160 Å². The number of rotatable bonds is 10. The van der Waals surface area contributed by atoms with Gasteiger partial charge in [-0.2, -0.15) is 0 Å². The molecule has 1 saturated carbocycles. The van der Waals surface area contributed by atoms with Gasteiger partial charge in [-0.05, 0) is 24.8 Å². The molecule has 0 aromatic heterocycles. The monoisotopic (exact) mass is 380 g/mol. The maximum Gasteiger partial charge on any atom is 0.0690 e. The molecule has 0 aromatic rings. The molecule has 0 radical (unpaired) electrons. The molecule has 0 bridgehead atoms. The Bertz CT molecular complexity index is 452. The average Bonchev–Trinajstić information content (AvgIpc) is 2.81. The molecule has 0 unspecified atom stereocenters. The lowest BCUT2D eigenvalue weighted by Crippen LogP contribution is -2.24. The highest BCUT2D eigenvalue weighted by Gasteiger charge is 2.33. The predicted octanol–water partition coefficient (Wildman–Crippen LogP) is 7.12. The lowest BCUT2D eigenvalue weighted by Gasteiger charge is -2.23. The Hall–Kier alpha value is -0.126. The van der Waals surface area contributed by atoms with Gasteiger partial charge in [-0.3, -0.25) is 0 Å². The molecule has 146 valence electrons. The largest absolute Gasteiger partial charge is 0.392 e. The summed E-state index contributed by atoms with van der Waals surface area (Å²) in [6.07, 6.45) is 11.0. The molecule has 0 amide bonds. The molecule has 0 aliphatic heterocycles. The summed E-state index contributed by atoms with van der Waals surface area (Å²) in [5.41, 5.74) is 8.28. The maximum absolute atomic E-state index is 10.9. The Morgan fingerprint density at radius 3 is 2.04 bits per heavy atom. The highest BCUT2D eigenvalue weighted by molar-refractivity contribution is 6.82. The lowest BCUT2D eigenvalue weighted by atomic mass is 9.92. The van der Waals surface area contributed by atoms with Gasteiger partial charge in [-0.15, -0.1) is 0 Å². The van der Waals surface area contributed by atoms with Crippen molar-refractivity contribution >= 4 is 16.1 Å². The molecule has 1 aliphatic carbocycles. The van der Waals surface area contributed by atoms with E-state index in [2.05, 4.69) is 57.6 Å². The van der Waals surface area contributed by atoms with E-state index < -0.39 is 16.1 Å². The van der Waals surface area contributed by atoms with Crippen molar-refractivity contribution in [3.63, 3.8) is 0 Å². The van der Waals surface area contributed by atoms with Crippen molar-refractivity contribution < 1.29 is 5.11 Å². The molecule has 3 heteroatoms. The number of hydrogen-bond donors (Lipinski definition) is 1. The molecule has 0 spiro atoms. The van der Waals surface area contributed by atoms with Gasteiger partial charge in [0.05, 0.1) is 22.3 Å². The van der Waals surface area contributed by atoms with Crippen LogP contribution in [0.25, 0.3) is 0 Å². The molecule has 0 heterocycles. The van der Waals surface area contributed by atoms with Crippen molar-refractivity contribution in [1.82, 2.24) is 0 Å². The van der Waals surface area contributed by atoms with Crippen LogP contribution in [0.3, 0.4) is 0 Å². The minimum Gasteiger partial charge on any atom is -0.392 e. The van der Waals surface area contributed by atoms with Crippen LogP contribution < -0.4 is 0 Å². The fourth-order valence-corrected chi connectivity index (χ4v) is 6.62. The first-order chi connectivity index (χ1) is 11.5. The van der Waals surface area contributed by atoms with Crippen LogP contribution in [-0.4, -0.2) is 27.4 Å². The van der Waals surface area contributed by atoms with Crippen LogP contribution in [0.1, 0.15) is 64.7 Å². The highest BCUT2D eigenvalue weighted by Crippen LogP contribution is 2.41. The summed E-state index contributed by atoms with van der Waals surface area (Å²) in [5, 5.41) is 10.9. The minimum absolute atomic E-state index is 0.138. The second-order valence-corrected chi connectivity index (χ2v) is 20.3. The molecular weight excluding hydrogens is 336 g/mol. The van der Waals surface area contributed by atoms with Crippen molar-refractivity contribution in [3.05, 3.63) is 22.5 Å². The van der Waals surface area contributed by atoms with Gasteiger partial charge in [-0.25, -0.2) is 0 Å². The van der Waals surface area contributed by atoms with Gasteiger partial charge < -0.3 is 5.11 Å². The number of unbranched alkanes of at least 4 members (excludes halogenated alkanes) is 5. The normalized spacial score (nSPS) is 23.6. The van der Waals surface area contributed by atoms with Gasteiger partial charge >= 0.3 is 0 Å². The van der Waals surface area contributed by atoms with E-state index in [1.54, 1.807) is 5.57 Å². The second kappa shape index (κ2) is 10.3. The number of aliphatic hydroxyl groups is 1. The second-order valence-electron chi connectivity index (χ2n) is 10.3. The SMILES string of the molecule is CCCCCCCC[C@H](O)[C@@H]1CCC(=C\[Si](C)(C)C)/C1=C/[Si](C)(C)C. The van der Waals surface area contributed by atoms with Crippen molar-refractivity contribution in [1.29, 1.82) is 0 Å². The first-order valence-electron chi connectivity index (χ1n) is 10.7. The third kappa shape index (κ3) is 9.39. The fraction of sp³-hybridized carbons (Fsp3) is 0.818. The van der Waals surface area contributed by atoms with E-state index in [0.717, 1.165) is 12.8 Å². The van der Waals surface area contributed by atoms with E-state index in [9.17, 15) is 5.11 Å². The molecular formula is C22H44OSi2. The first kappa shape index (κ1) is 22.9. The molecule has 0 saturated heterocycles. The first-order valence-corrected chi connectivity index (χ1v) is 17.8. The van der Waals surface area contributed by atoms with Gasteiger partial charge in [0, 0.05) is 5.92 Å². The van der Waals surface area contributed by atoms with E-state index in [0.29, 0.717) is 5.92 Å².